The van der Waals surface area contributed by atoms with Crippen molar-refractivity contribution < 1.29 is 9.47 Å². The Kier molecular flexibility index (Phi) is 2.26. The predicted octanol–water partition coefficient (Wildman–Crippen LogP) is 2.90. The molecule has 0 spiro atoms. The molecule has 1 aromatic carbocycles. The summed E-state index contributed by atoms with van der Waals surface area (Å²) in [5.41, 5.74) is 1.14. The second-order valence-electron chi connectivity index (χ2n) is 4.67. The average molecular weight is 204 g/mol. The van der Waals surface area contributed by atoms with Crippen molar-refractivity contribution in [2.45, 2.75) is 38.3 Å². The number of fused-ring (bicyclic) bond motifs is 1. The summed E-state index contributed by atoms with van der Waals surface area (Å²) in [6.07, 6.45) is 2.81. The molecule has 2 fully saturated rings. The molecule has 4 atom stereocenters. The molecule has 1 aliphatic carbocycles. The number of hydrogen-bond acceptors (Lipinski definition) is 2. The summed E-state index contributed by atoms with van der Waals surface area (Å²) in [7, 11) is 0. The van der Waals surface area contributed by atoms with Gasteiger partial charge in [-0.1, -0.05) is 37.3 Å². The monoisotopic (exact) mass is 204 g/mol. The van der Waals surface area contributed by atoms with Gasteiger partial charge in [-0.3, -0.25) is 0 Å². The van der Waals surface area contributed by atoms with E-state index >= 15 is 0 Å². The molecule has 2 aliphatic rings. The SMILES string of the molecule is CC1C[C@@H]2OC(c3ccccc3)O[C@@H]2C1. The van der Waals surface area contributed by atoms with Gasteiger partial charge in [0.05, 0.1) is 12.2 Å². The van der Waals surface area contributed by atoms with E-state index in [4.69, 9.17) is 9.47 Å². The van der Waals surface area contributed by atoms with Gasteiger partial charge in [-0.05, 0) is 18.8 Å². The molecule has 0 bridgehead atoms. The molecule has 1 aliphatic heterocycles. The molecule has 0 radical (unpaired) electrons. The number of benzene rings is 1. The first-order valence-corrected chi connectivity index (χ1v) is 5.69. The molecule has 0 aromatic heterocycles. The van der Waals surface area contributed by atoms with E-state index in [1.807, 2.05) is 18.2 Å². The first kappa shape index (κ1) is 9.37. The van der Waals surface area contributed by atoms with E-state index in [1.54, 1.807) is 0 Å². The third-order valence-corrected chi connectivity index (χ3v) is 3.35. The molecule has 0 amide bonds. The van der Waals surface area contributed by atoms with Crippen LogP contribution in [-0.4, -0.2) is 12.2 Å². The molecule has 1 heterocycles. The Morgan fingerprint density at radius 2 is 1.60 bits per heavy atom. The summed E-state index contributed by atoms with van der Waals surface area (Å²) in [4.78, 5) is 0. The zero-order chi connectivity index (χ0) is 10.3. The minimum Gasteiger partial charge on any atom is -0.342 e. The van der Waals surface area contributed by atoms with Crippen LogP contribution in [-0.2, 0) is 9.47 Å². The van der Waals surface area contributed by atoms with Crippen LogP contribution in [0.5, 0.6) is 0 Å². The molecule has 1 saturated heterocycles. The van der Waals surface area contributed by atoms with Crippen LogP contribution in [0.25, 0.3) is 0 Å². The van der Waals surface area contributed by atoms with Crippen molar-refractivity contribution in [1.29, 1.82) is 0 Å². The van der Waals surface area contributed by atoms with Gasteiger partial charge >= 0.3 is 0 Å². The highest BCUT2D eigenvalue weighted by Crippen LogP contribution is 2.41. The van der Waals surface area contributed by atoms with Crippen LogP contribution >= 0.6 is 0 Å². The van der Waals surface area contributed by atoms with Crippen molar-refractivity contribution in [2.75, 3.05) is 0 Å². The van der Waals surface area contributed by atoms with Gasteiger partial charge in [0.2, 0.25) is 0 Å². The van der Waals surface area contributed by atoms with Gasteiger partial charge in [0, 0.05) is 5.56 Å². The molecule has 80 valence electrons. The lowest BCUT2D eigenvalue weighted by Gasteiger charge is -2.13. The Bertz CT molecular complexity index is 322. The van der Waals surface area contributed by atoms with Crippen LogP contribution < -0.4 is 0 Å². The summed E-state index contributed by atoms with van der Waals surface area (Å²) < 4.78 is 11.8. The van der Waals surface area contributed by atoms with Gasteiger partial charge in [-0.15, -0.1) is 0 Å². The highest BCUT2D eigenvalue weighted by molar-refractivity contribution is 5.17. The second-order valence-corrected chi connectivity index (χ2v) is 4.67. The van der Waals surface area contributed by atoms with Crippen molar-refractivity contribution in [1.82, 2.24) is 0 Å². The first-order chi connectivity index (χ1) is 7.33. The molecule has 0 N–H and O–H groups in total. The standard InChI is InChI=1S/C13H16O2/c1-9-7-11-12(8-9)15-13(14-11)10-5-3-2-4-6-10/h2-6,9,11-13H,7-8H2,1H3/t9?,11-,12+,13?. The van der Waals surface area contributed by atoms with Crippen LogP contribution in [0.1, 0.15) is 31.6 Å². The van der Waals surface area contributed by atoms with Gasteiger partial charge in [-0.25, -0.2) is 0 Å². The van der Waals surface area contributed by atoms with E-state index in [-0.39, 0.29) is 6.29 Å². The lowest BCUT2D eigenvalue weighted by molar-refractivity contribution is -0.0786. The Labute approximate surface area is 90.2 Å². The van der Waals surface area contributed by atoms with Crippen LogP contribution in [0.4, 0.5) is 0 Å². The maximum absolute atomic E-state index is 5.92. The zero-order valence-electron chi connectivity index (χ0n) is 8.93. The highest BCUT2D eigenvalue weighted by atomic mass is 16.7. The highest BCUT2D eigenvalue weighted by Gasteiger charge is 2.42. The van der Waals surface area contributed by atoms with Crippen molar-refractivity contribution in [3.05, 3.63) is 35.9 Å². The lowest BCUT2D eigenvalue weighted by Crippen LogP contribution is -2.13. The predicted molar refractivity (Wildman–Crippen MR) is 57.3 cm³/mol. The quantitative estimate of drug-likeness (QED) is 0.700. The van der Waals surface area contributed by atoms with Crippen molar-refractivity contribution in [2.24, 2.45) is 5.92 Å². The summed E-state index contributed by atoms with van der Waals surface area (Å²) in [5.74, 6) is 0.747. The number of hydrogen-bond donors (Lipinski definition) is 0. The summed E-state index contributed by atoms with van der Waals surface area (Å²) >= 11 is 0. The van der Waals surface area contributed by atoms with Crippen molar-refractivity contribution in [3.63, 3.8) is 0 Å². The molecule has 2 nitrogen and oxygen atoms in total. The van der Waals surface area contributed by atoms with E-state index in [0.717, 1.165) is 24.3 Å². The van der Waals surface area contributed by atoms with Gasteiger partial charge < -0.3 is 9.47 Å². The van der Waals surface area contributed by atoms with Gasteiger partial charge in [0.1, 0.15) is 0 Å². The maximum atomic E-state index is 5.92. The third kappa shape index (κ3) is 1.68. The maximum Gasteiger partial charge on any atom is 0.184 e. The average Bonchev–Trinajstić information content (AvgIpc) is 2.76. The molecule has 1 aromatic rings. The normalized spacial score (nSPS) is 39.3. The summed E-state index contributed by atoms with van der Waals surface area (Å²) in [6.45, 7) is 2.27. The van der Waals surface area contributed by atoms with E-state index < -0.39 is 0 Å². The molecule has 2 unspecified atom stereocenters. The van der Waals surface area contributed by atoms with Gasteiger partial charge in [0.15, 0.2) is 6.29 Å². The Morgan fingerprint density at radius 1 is 1.00 bits per heavy atom. The minimum atomic E-state index is -0.131. The molecule has 3 rings (SSSR count). The van der Waals surface area contributed by atoms with E-state index in [2.05, 4.69) is 19.1 Å². The molecular weight excluding hydrogens is 188 g/mol. The Morgan fingerprint density at radius 3 is 2.20 bits per heavy atom. The molecule has 2 heteroatoms. The van der Waals surface area contributed by atoms with Gasteiger partial charge in [0.25, 0.3) is 0 Å². The van der Waals surface area contributed by atoms with Crippen molar-refractivity contribution >= 4 is 0 Å². The fraction of sp³-hybridized carbons (Fsp3) is 0.538. The van der Waals surface area contributed by atoms with Crippen LogP contribution in [0.2, 0.25) is 0 Å². The largest absolute Gasteiger partial charge is 0.342 e. The van der Waals surface area contributed by atoms with E-state index in [9.17, 15) is 0 Å². The fourth-order valence-corrected chi connectivity index (χ4v) is 2.60. The van der Waals surface area contributed by atoms with Crippen LogP contribution in [0.15, 0.2) is 30.3 Å². The molecule has 15 heavy (non-hydrogen) atoms. The summed E-state index contributed by atoms with van der Waals surface area (Å²) in [5, 5.41) is 0. The number of ether oxygens (including phenoxy) is 2. The van der Waals surface area contributed by atoms with E-state index in [1.165, 1.54) is 0 Å². The first-order valence-electron chi connectivity index (χ1n) is 5.69. The topological polar surface area (TPSA) is 18.5 Å². The molecular formula is C13H16O2. The number of rotatable bonds is 1. The molecule has 1 saturated carbocycles. The third-order valence-electron chi connectivity index (χ3n) is 3.35. The smallest absolute Gasteiger partial charge is 0.184 e. The minimum absolute atomic E-state index is 0.131. The second kappa shape index (κ2) is 3.62. The van der Waals surface area contributed by atoms with Crippen LogP contribution in [0.3, 0.4) is 0 Å². The lowest BCUT2D eigenvalue weighted by atomic mass is 10.1. The van der Waals surface area contributed by atoms with E-state index in [0.29, 0.717) is 12.2 Å². The van der Waals surface area contributed by atoms with Crippen LogP contribution in [0, 0.1) is 5.92 Å². The zero-order valence-corrected chi connectivity index (χ0v) is 8.93. The Balaban J connectivity index is 1.73. The Hall–Kier alpha value is -0.860. The summed E-state index contributed by atoms with van der Waals surface area (Å²) in [6, 6.07) is 10.2. The van der Waals surface area contributed by atoms with Gasteiger partial charge in [-0.2, -0.15) is 0 Å². The van der Waals surface area contributed by atoms with Crippen molar-refractivity contribution in [3.8, 4) is 0 Å². The fourth-order valence-electron chi connectivity index (χ4n) is 2.60.